The van der Waals surface area contributed by atoms with E-state index >= 15 is 0 Å². The Kier molecular flexibility index (Phi) is 5.29. The zero-order chi connectivity index (χ0) is 19.5. The van der Waals surface area contributed by atoms with Gasteiger partial charge in [0, 0.05) is 6.08 Å². The predicted octanol–water partition coefficient (Wildman–Crippen LogP) is 5.37. The van der Waals surface area contributed by atoms with Gasteiger partial charge in [0.1, 0.15) is 5.75 Å². The molecule has 9 heteroatoms. The summed E-state index contributed by atoms with van der Waals surface area (Å²) in [6.07, 6.45) is -8.05. The van der Waals surface area contributed by atoms with Gasteiger partial charge in [-0.1, -0.05) is 12.1 Å². The molecule has 0 bridgehead atoms. The molecule has 0 heterocycles. The van der Waals surface area contributed by atoms with Gasteiger partial charge in [0.2, 0.25) is 0 Å². The molecule has 1 N–H and O–H groups in total. The van der Waals surface area contributed by atoms with Gasteiger partial charge in [0.15, 0.2) is 0 Å². The van der Waals surface area contributed by atoms with E-state index in [4.69, 9.17) is 5.11 Å². The summed E-state index contributed by atoms with van der Waals surface area (Å²) >= 11 is 0. The Labute approximate surface area is 143 Å². The summed E-state index contributed by atoms with van der Waals surface area (Å²) < 4.78 is 79.8. The molecule has 0 aliphatic heterocycles. The number of benzene rings is 2. The van der Waals surface area contributed by atoms with Crippen LogP contribution in [-0.2, 0) is 11.0 Å². The van der Waals surface area contributed by atoms with Gasteiger partial charge < -0.3 is 9.84 Å². The fraction of sp³-hybridized carbons (Fsp3) is 0.118. The third-order valence-electron chi connectivity index (χ3n) is 3.10. The van der Waals surface area contributed by atoms with Crippen molar-refractivity contribution in [1.82, 2.24) is 0 Å². The van der Waals surface area contributed by atoms with Crippen molar-refractivity contribution in [2.75, 3.05) is 0 Å². The molecular formula is C17H10F6O3. The Hall–Kier alpha value is -2.97. The molecular weight excluding hydrogens is 366 g/mol. The van der Waals surface area contributed by atoms with E-state index in [1.165, 1.54) is 18.2 Å². The number of aliphatic carboxylic acids is 1. The average molecular weight is 376 g/mol. The minimum Gasteiger partial charge on any atom is -0.478 e. The van der Waals surface area contributed by atoms with Crippen LogP contribution in [0.5, 0.6) is 5.75 Å². The molecule has 138 valence electrons. The van der Waals surface area contributed by atoms with Crippen molar-refractivity contribution in [1.29, 1.82) is 0 Å². The molecule has 0 radical (unpaired) electrons. The number of carbonyl (C=O) groups is 1. The lowest BCUT2D eigenvalue weighted by Crippen LogP contribution is -2.17. The summed E-state index contributed by atoms with van der Waals surface area (Å²) in [4.78, 5) is 10.6. The van der Waals surface area contributed by atoms with Crippen molar-refractivity contribution in [2.45, 2.75) is 12.5 Å². The Morgan fingerprint density at radius 2 is 1.65 bits per heavy atom. The van der Waals surface area contributed by atoms with E-state index in [1.807, 2.05) is 0 Å². The summed E-state index contributed by atoms with van der Waals surface area (Å²) in [6, 6.07) is 7.17. The number of ether oxygens (including phenoxy) is 1. The van der Waals surface area contributed by atoms with Crippen molar-refractivity contribution in [3.8, 4) is 16.9 Å². The first-order valence-electron chi connectivity index (χ1n) is 6.93. The van der Waals surface area contributed by atoms with Crippen molar-refractivity contribution >= 4 is 12.0 Å². The van der Waals surface area contributed by atoms with Crippen LogP contribution in [0.1, 0.15) is 11.1 Å². The smallest absolute Gasteiger partial charge is 0.478 e. The molecule has 0 atom stereocenters. The zero-order valence-corrected chi connectivity index (χ0v) is 12.7. The highest BCUT2D eigenvalue weighted by atomic mass is 19.4. The monoisotopic (exact) mass is 376 g/mol. The van der Waals surface area contributed by atoms with Crippen LogP contribution in [0.3, 0.4) is 0 Å². The Morgan fingerprint density at radius 3 is 2.23 bits per heavy atom. The minimum atomic E-state index is -4.94. The van der Waals surface area contributed by atoms with Crippen molar-refractivity contribution in [2.24, 2.45) is 0 Å². The summed E-state index contributed by atoms with van der Waals surface area (Å²) in [5, 5.41) is 8.60. The Balaban J connectivity index is 2.53. The summed E-state index contributed by atoms with van der Waals surface area (Å²) in [6.45, 7) is 0. The third-order valence-corrected chi connectivity index (χ3v) is 3.10. The summed E-state index contributed by atoms with van der Waals surface area (Å²) in [5.74, 6) is -1.94. The Bertz CT molecular complexity index is 837. The lowest BCUT2D eigenvalue weighted by Gasteiger charge is -2.13. The molecule has 0 saturated heterocycles. The summed E-state index contributed by atoms with van der Waals surface area (Å²) in [7, 11) is 0. The van der Waals surface area contributed by atoms with Gasteiger partial charge in [-0.2, -0.15) is 13.2 Å². The third kappa shape index (κ3) is 5.54. The van der Waals surface area contributed by atoms with E-state index in [-0.39, 0.29) is 16.7 Å². The van der Waals surface area contributed by atoms with Gasteiger partial charge in [0.25, 0.3) is 0 Å². The van der Waals surface area contributed by atoms with Crippen LogP contribution in [0.2, 0.25) is 0 Å². The largest absolute Gasteiger partial charge is 0.573 e. The lowest BCUT2D eigenvalue weighted by atomic mass is 9.99. The minimum absolute atomic E-state index is 0.0440. The number of hydrogen-bond donors (Lipinski definition) is 1. The van der Waals surface area contributed by atoms with E-state index in [2.05, 4.69) is 4.74 Å². The van der Waals surface area contributed by atoms with E-state index in [9.17, 15) is 31.1 Å². The molecule has 0 amide bonds. The van der Waals surface area contributed by atoms with Crippen LogP contribution in [0.4, 0.5) is 26.3 Å². The van der Waals surface area contributed by atoms with Gasteiger partial charge in [-0.25, -0.2) is 4.79 Å². The molecule has 0 aliphatic rings. The quantitative estimate of drug-likeness (QED) is 0.577. The number of alkyl halides is 6. The standard InChI is InChI=1S/C17H10F6O3/c18-16(19,20)13-7-10(4-5-15(24)25)6-12(8-13)11-2-1-3-14(9-11)26-17(21,22)23/h1-9H,(H,24,25)/b5-4+. The van der Waals surface area contributed by atoms with E-state index in [1.54, 1.807) is 0 Å². The topological polar surface area (TPSA) is 46.5 Å². The van der Waals surface area contributed by atoms with E-state index in [0.717, 1.165) is 30.3 Å². The fourth-order valence-corrected chi connectivity index (χ4v) is 2.12. The van der Waals surface area contributed by atoms with Crippen LogP contribution < -0.4 is 4.74 Å². The van der Waals surface area contributed by atoms with Crippen molar-refractivity contribution < 1.29 is 41.0 Å². The van der Waals surface area contributed by atoms with Gasteiger partial charge >= 0.3 is 18.5 Å². The molecule has 2 aromatic carbocycles. The van der Waals surface area contributed by atoms with E-state index < -0.39 is 29.8 Å². The maximum atomic E-state index is 13.1. The fourth-order valence-electron chi connectivity index (χ4n) is 2.12. The molecule has 0 saturated carbocycles. The molecule has 2 rings (SSSR count). The number of hydrogen-bond acceptors (Lipinski definition) is 2. The van der Waals surface area contributed by atoms with Gasteiger partial charge in [-0.15, -0.1) is 13.2 Å². The normalized spacial score (nSPS) is 12.4. The second-order valence-electron chi connectivity index (χ2n) is 5.09. The predicted molar refractivity (Wildman–Crippen MR) is 80.2 cm³/mol. The first-order valence-corrected chi connectivity index (χ1v) is 6.93. The number of carboxylic acids is 1. The molecule has 2 aromatic rings. The first-order chi connectivity index (χ1) is 11.9. The zero-order valence-electron chi connectivity index (χ0n) is 12.7. The number of rotatable bonds is 4. The van der Waals surface area contributed by atoms with Gasteiger partial charge in [-0.3, -0.25) is 0 Å². The number of halogens is 6. The molecule has 0 aromatic heterocycles. The molecule has 0 fully saturated rings. The van der Waals surface area contributed by atoms with Crippen LogP contribution in [0.25, 0.3) is 17.2 Å². The van der Waals surface area contributed by atoms with Gasteiger partial charge in [0.05, 0.1) is 5.56 Å². The molecule has 0 spiro atoms. The SMILES string of the molecule is O=C(O)/C=C/c1cc(-c2cccc(OC(F)(F)F)c2)cc(C(F)(F)F)c1. The summed E-state index contributed by atoms with van der Waals surface area (Å²) in [5.41, 5.74) is -1.14. The second kappa shape index (κ2) is 7.11. The Morgan fingerprint density at radius 1 is 0.962 bits per heavy atom. The maximum absolute atomic E-state index is 13.1. The van der Waals surface area contributed by atoms with Crippen LogP contribution in [0.15, 0.2) is 48.5 Å². The highest BCUT2D eigenvalue weighted by Gasteiger charge is 2.32. The molecule has 0 unspecified atom stereocenters. The average Bonchev–Trinajstić information content (AvgIpc) is 2.50. The van der Waals surface area contributed by atoms with Gasteiger partial charge in [-0.05, 0) is 53.1 Å². The first kappa shape index (κ1) is 19.4. The van der Waals surface area contributed by atoms with Crippen LogP contribution in [-0.4, -0.2) is 17.4 Å². The van der Waals surface area contributed by atoms with Crippen molar-refractivity contribution in [3.05, 3.63) is 59.7 Å². The van der Waals surface area contributed by atoms with E-state index in [0.29, 0.717) is 6.08 Å². The highest BCUT2D eigenvalue weighted by Crippen LogP contribution is 2.35. The highest BCUT2D eigenvalue weighted by molar-refractivity contribution is 5.85. The maximum Gasteiger partial charge on any atom is 0.573 e. The lowest BCUT2D eigenvalue weighted by molar-refractivity contribution is -0.274. The molecule has 3 nitrogen and oxygen atoms in total. The van der Waals surface area contributed by atoms with Crippen molar-refractivity contribution in [3.63, 3.8) is 0 Å². The van der Waals surface area contributed by atoms with Crippen LogP contribution >= 0.6 is 0 Å². The van der Waals surface area contributed by atoms with Crippen LogP contribution in [0, 0.1) is 0 Å². The molecule has 26 heavy (non-hydrogen) atoms. The molecule has 0 aliphatic carbocycles. The second-order valence-corrected chi connectivity index (χ2v) is 5.09. The number of carboxylic acid groups (broad SMARTS) is 1.